The summed E-state index contributed by atoms with van der Waals surface area (Å²) in [4.78, 5) is 10.3. The summed E-state index contributed by atoms with van der Waals surface area (Å²) in [5, 5.41) is 8.55. The minimum absolute atomic E-state index is 0.0141. The Kier molecular flexibility index (Phi) is 4.47. The largest absolute Gasteiger partial charge is 0.481 e. The van der Waals surface area contributed by atoms with Gasteiger partial charge in [-0.15, -0.1) is 0 Å². The lowest BCUT2D eigenvalue weighted by molar-refractivity contribution is -0.136. The number of carboxylic acids is 1. The fourth-order valence-corrected chi connectivity index (χ4v) is 2.69. The van der Waals surface area contributed by atoms with Crippen molar-refractivity contribution in [3.05, 3.63) is 34.6 Å². The van der Waals surface area contributed by atoms with E-state index in [0.717, 1.165) is 6.07 Å². The van der Waals surface area contributed by atoms with Gasteiger partial charge in [-0.05, 0) is 12.1 Å². The highest BCUT2D eigenvalue weighted by Gasteiger charge is 2.16. The van der Waals surface area contributed by atoms with Crippen LogP contribution in [0.15, 0.2) is 18.2 Å². The van der Waals surface area contributed by atoms with Crippen molar-refractivity contribution in [1.82, 2.24) is 0 Å². The zero-order chi connectivity index (χ0) is 13.1. The predicted molar refractivity (Wildman–Crippen MR) is 61.2 cm³/mol. The molecule has 0 aliphatic heterocycles. The van der Waals surface area contributed by atoms with E-state index in [0.29, 0.717) is 0 Å². The van der Waals surface area contributed by atoms with Gasteiger partial charge in [0, 0.05) is 10.6 Å². The SMILES string of the molecule is O=C(O)CCS(=O)(=O)Cc1ccc(Cl)cc1F. The molecule has 0 heterocycles. The second-order valence-corrected chi connectivity index (χ2v) is 6.09. The Bertz CT molecular complexity index is 527. The molecular formula is C10H10ClFO4S. The maximum absolute atomic E-state index is 13.3. The van der Waals surface area contributed by atoms with Gasteiger partial charge in [0.1, 0.15) is 5.82 Å². The second kappa shape index (κ2) is 5.46. The molecular weight excluding hydrogens is 271 g/mol. The summed E-state index contributed by atoms with van der Waals surface area (Å²) in [7, 11) is -3.63. The molecule has 0 saturated heterocycles. The van der Waals surface area contributed by atoms with E-state index >= 15 is 0 Å². The van der Waals surface area contributed by atoms with Gasteiger partial charge in [-0.2, -0.15) is 0 Å². The van der Waals surface area contributed by atoms with Crippen molar-refractivity contribution < 1.29 is 22.7 Å². The van der Waals surface area contributed by atoms with Gasteiger partial charge in [0.25, 0.3) is 0 Å². The molecule has 0 saturated carbocycles. The Labute approximate surface area is 103 Å². The second-order valence-electron chi connectivity index (χ2n) is 3.47. The van der Waals surface area contributed by atoms with E-state index < -0.39 is 39.6 Å². The molecule has 17 heavy (non-hydrogen) atoms. The molecule has 7 heteroatoms. The van der Waals surface area contributed by atoms with Gasteiger partial charge in [-0.1, -0.05) is 17.7 Å². The molecule has 1 aromatic carbocycles. The Hall–Kier alpha value is -1.14. The maximum Gasteiger partial charge on any atom is 0.304 e. The first-order chi connectivity index (χ1) is 7.80. The number of carbonyl (C=O) groups is 1. The molecule has 0 fully saturated rings. The minimum atomic E-state index is -3.63. The topological polar surface area (TPSA) is 71.4 Å². The summed E-state index contributed by atoms with van der Waals surface area (Å²) < 4.78 is 36.3. The van der Waals surface area contributed by atoms with Crippen molar-refractivity contribution in [3.63, 3.8) is 0 Å². The number of rotatable bonds is 5. The van der Waals surface area contributed by atoms with Gasteiger partial charge in [0.15, 0.2) is 9.84 Å². The molecule has 0 spiro atoms. The van der Waals surface area contributed by atoms with Crippen molar-refractivity contribution in [2.45, 2.75) is 12.2 Å². The summed E-state index contributed by atoms with van der Waals surface area (Å²) in [6.45, 7) is 0. The number of halogens is 2. The monoisotopic (exact) mass is 280 g/mol. The maximum atomic E-state index is 13.3. The number of hydrogen-bond donors (Lipinski definition) is 1. The Balaban J connectivity index is 2.79. The van der Waals surface area contributed by atoms with E-state index in [1.807, 2.05) is 0 Å². The third-order valence-corrected chi connectivity index (χ3v) is 3.83. The molecule has 94 valence electrons. The summed E-state index contributed by atoms with van der Waals surface area (Å²) in [6, 6.07) is 3.67. The number of aliphatic carboxylic acids is 1. The van der Waals surface area contributed by atoms with Crippen molar-refractivity contribution >= 4 is 27.4 Å². The molecule has 0 aliphatic carbocycles. The molecule has 1 rings (SSSR count). The highest BCUT2D eigenvalue weighted by Crippen LogP contribution is 2.17. The van der Waals surface area contributed by atoms with Gasteiger partial charge in [0.05, 0.1) is 17.9 Å². The van der Waals surface area contributed by atoms with Crippen molar-refractivity contribution in [2.24, 2.45) is 0 Å². The van der Waals surface area contributed by atoms with Crippen molar-refractivity contribution in [3.8, 4) is 0 Å². The number of benzene rings is 1. The molecule has 4 nitrogen and oxygen atoms in total. The first-order valence-electron chi connectivity index (χ1n) is 4.66. The van der Waals surface area contributed by atoms with E-state index in [4.69, 9.17) is 16.7 Å². The van der Waals surface area contributed by atoms with Crippen LogP contribution in [-0.4, -0.2) is 25.2 Å². The molecule has 1 aromatic rings. The van der Waals surface area contributed by atoms with Gasteiger partial charge in [-0.25, -0.2) is 12.8 Å². The third kappa shape index (κ3) is 4.70. The molecule has 0 atom stereocenters. The lowest BCUT2D eigenvalue weighted by Crippen LogP contribution is -2.13. The first kappa shape index (κ1) is 13.9. The van der Waals surface area contributed by atoms with Gasteiger partial charge in [-0.3, -0.25) is 4.79 Å². The van der Waals surface area contributed by atoms with Crippen LogP contribution in [0.3, 0.4) is 0 Å². The molecule has 0 unspecified atom stereocenters. The third-order valence-electron chi connectivity index (χ3n) is 2.02. The van der Waals surface area contributed by atoms with Crippen LogP contribution in [0, 0.1) is 5.82 Å². The Morgan fingerprint density at radius 1 is 1.41 bits per heavy atom. The number of hydrogen-bond acceptors (Lipinski definition) is 3. The zero-order valence-corrected chi connectivity index (χ0v) is 10.3. The summed E-state index contributed by atoms with van der Waals surface area (Å²) in [5.41, 5.74) is -0.0141. The van der Waals surface area contributed by atoms with Crippen LogP contribution in [0.2, 0.25) is 5.02 Å². The zero-order valence-electron chi connectivity index (χ0n) is 8.69. The van der Waals surface area contributed by atoms with E-state index in [9.17, 15) is 17.6 Å². The normalized spacial score (nSPS) is 11.4. The van der Waals surface area contributed by atoms with Crippen LogP contribution in [0.25, 0.3) is 0 Å². The predicted octanol–water partition coefficient (Wildman–Crippen LogP) is 1.87. The Morgan fingerprint density at radius 3 is 2.59 bits per heavy atom. The highest BCUT2D eigenvalue weighted by atomic mass is 35.5. The molecule has 0 radical (unpaired) electrons. The van der Waals surface area contributed by atoms with Crippen LogP contribution in [0.1, 0.15) is 12.0 Å². The van der Waals surface area contributed by atoms with Gasteiger partial charge >= 0.3 is 5.97 Å². The van der Waals surface area contributed by atoms with Crippen LogP contribution >= 0.6 is 11.6 Å². The number of sulfone groups is 1. The fraction of sp³-hybridized carbons (Fsp3) is 0.300. The van der Waals surface area contributed by atoms with Crippen LogP contribution < -0.4 is 0 Å². The first-order valence-corrected chi connectivity index (χ1v) is 6.86. The lowest BCUT2D eigenvalue weighted by atomic mass is 10.2. The average molecular weight is 281 g/mol. The smallest absolute Gasteiger partial charge is 0.304 e. The van der Waals surface area contributed by atoms with E-state index in [2.05, 4.69) is 0 Å². The summed E-state index contributed by atoms with van der Waals surface area (Å²) in [5.74, 6) is -2.95. The Morgan fingerprint density at radius 2 is 2.06 bits per heavy atom. The minimum Gasteiger partial charge on any atom is -0.481 e. The molecule has 0 aliphatic rings. The van der Waals surface area contributed by atoms with Gasteiger partial charge < -0.3 is 5.11 Å². The quantitative estimate of drug-likeness (QED) is 0.894. The highest BCUT2D eigenvalue weighted by molar-refractivity contribution is 7.90. The van der Waals surface area contributed by atoms with E-state index in [1.165, 1.54) is 12.1 Å². The van der Waals surface area contributed by atoms with Crippen molar-refractivity contribution in [2.75, 3.05) is 5.75 Å². The lowest BCUT2D eigenvalue weighted by Gasteiger charge is -2.04. The van der Waals surface area contributed by atoms with Crippen LogP contribution in [-0.2, 0) is 20.4 Å². The van der Waals surface area contributed by atoms with Crippen molar-refractivity contribution in [1.29, 1.82) is 0 Å². The standard InChI is InChI=1S/C10H10ClFO4S/c11-8-2-1-7(9(12)5-8)6-17(15,16)4-3-10(13)14/h1-2,5H,3-4,6H2,(H,13,14). The van der Waals surface area contributed by atoms with Gasteiger partial charge in [0.2, 0.25) is 0 Å². The molecule has 0 amide bonds. The molecule has 0 bridgehead atoms. The average Bonchev–Trinajstić information content (AvgIpc) is 2.20. The van der Waals surface area contributed by atoms with E-state index in [1.54, 1.807) is 0 Å². The molecule has 1 N–H and O–H groups in total. The summed E-state index contributed by atoms with van der Waals surface area (Å²) >= 11 is 5.52. The summed E-state index contributed by atoms with van der Waals surface area (Å²) in [6.07, 6.45) is -0.489. The van der Waals surface area contributed by atoms with Crippen LogP contribution in [0.4, 0.5) is 4.39 Å². The fourth-order valence-electron chi connectivity index (χ4n) is 1.19. The molecule has 0 aromatic heterocycles. The van der Waals surface area contributed by atoms with E-state index in [-0.39, 0.29) is 10.6 Å². The van der Waals surface area contributed by atoms with Crippen LogP contribution in [0.5, 0.6) is 0 Å². The number of carboxylic acid groups (broad SMARTS) is 1.